The smallest absolute Gasteiger partial charge is 0.169 e. The quantitative estimate of drug-likeness (QED) is 0.687. The Morgan fingerprint density at radius 2 is 1.57 bits per heavy atom. The third-order valence-corrected chi connectivity index (χ3v) is 3.78. The molecule has 2 aliphatic rings. The van der Waals surface area contributed by atoms with Crippen molar-refractivity contribution in [2.45, 2.75) is 32.1 Å². The first kappa shape index (κ1) is 13.7. The summed E-state index contributed by atoms with van der Waals surface area (Å²) in [6.45, 7) is 0. The molecule has 0 spiro atoms. The maximum Gasteiger partial charge on any atom is 0.169 e. The molecule has 0 fully saturated rings. The van der Waals surface area contributed by atoms with Gasteiger partial charge < -0.3 is 9.84 Å². The van der Waals surface area contributed by atoms with Crippen LogP contribution < -0.4 is 4.74 Å². The summed E-state index contributed by atoms with van der Waals surface area (Å²) in [7, 11) is 0. The molecular formula is C19H20O2. The molecule has 0 amide bonds. The lowest BCUT2D eigenvalue weighted by molar-refractivity contribution is 0.410. The van der Waals surface area contributed by atoms with Crippen LogP contribution in [0.1, 0.15) is 30.4 Å². The first-order chi connectivity index (χ1) is 10.3. The number of phenols is 1. The maximum absolute atomic E-state index is 9.94. The maximum atomic E-state index is 9.94. The van der Waals surface area contributed by atoms with Crippen molar-refractivity contribution in [2.75, 3.05) is 0 Å². The summed E-state index contributed by atoms with van der Waals surface area (Å²) in [5.74, 6) is 1.47. The molecule has 0 radical (unpaired) electrons. The minimum atomic E-state index is 0.183. The van der Waals surface area contributed by atoms with Gasteiger partial charge in [0.1, 0.15) is 5.75 Å². The lowest BCUT2D eigenvalue weighted by Gasteiger charge is -2.10. The summed E-state index contributed by atoms with van der Waals surface area (Å²) >= 11 is 0. The minimum Gasteiger partial charge on any atom is -0.504 e. The van der Waals surface area contributed by atoms with Crippen LogP contribution in [-0.2, 0) is 12.8 Å². The molecule has 2 aliphatic heterocycles. The van der Waals surface area contributed by atoms with E-state index in [0.29, 0.717) is 5.75 Å². The SMILES string of the molecule is Oc1ccc2cc1Oc1ccc(cc1)CCC/C=C/CC2. The molecule has 0 aromatic heterocycles. The van der Waals surface area contributed by atoms with Crippen molar-refractivity contribution in [1.82, 2.24) is 0 Å². The number of rotatable bonds is 0. The van der Waals surface area contributed by atoms with Crippen molar-refractivity contribution < 1.29 is 9.84 Å². The molecule has 4 bridgehead atoms. The first-order valence-electron chi connectivity index (χ1n) is 7.55. The number of aromatic hydroxyl groups is 1. The van der Waals surface area contributed by atoms with Gasteiger partial charge in [-0.2, -0.15) is 0 Å². The number of aryl methyl sites for hydroxylation is 2. The fourth-order valence-electron chi connectivity index (χ4n) is 2.56. The molecule has 2 nitrogen and oxygen atoms in total. The fourth-order valence-corrected chi connectivity index (χ4v) is 2.56. The highest BCUT2D eigenvalue weighted by Crippen LogP contribution is 2.32. The Hall–Kier alpha value is -2.22. The predicted molar refractivity (Wildman–Crippen MR) is 85.0 cm³/mol. The normalized spacial score (nSPS) is 16.6. The van der Waals surface area contributed by atoms with Gasteiger partial charge in [0, 0.05) is 0 Å². The van der Waals surface area contributed by atoms with Crippen molar-refractivity contribution >= 4 is 0 Å². The Morgan fingerprint density at radius 1 is 0.810 bits per heavy atom. The van der Waals surface area contributed by atoms with Gasteiger partial charge in [-0.3, -0.25) is 0 Å². The van der Waals surface area contributed by atoms with Crippen molar-refractivity contribution in [3.05, 3.63) is 65.7 Å². The van der Waals surface area contributed by atoms with E-state index in [2.05, 4.69) is 24.3 Å². The van der Waals surface area contributed by atoms with Gasteiger partial charge >= 0.3 is 0 Å². The number of phenolic OH excluding ortho intramolecular Hbond substituents is 1. The van der Waals surface area contributed by atoms with Gasteiger partial charge in [-0.1, -0.05) is 30.4 Å². The lowest BCUT2D eigenvalue weighted by atomic mass is 10.1. The molecule has 2 heteroatoms. The van der Waals surface area contributed by atoms with E-state index in [1.165, 1.54) is 17.5 Å². The Kier molecular flexibility index (Phi) is 4.25. The standard InChI is InChI=1S/C19H20O2/c20-18-13-10-16-7-5-3-1-2-4-6-15-8-11-17(12-9-15)21-19(18)14-16/h1,3,8-14,20H,2,4-7H2/b3-1+. The second kappa shape index (κ2) is 6.49. The van der Waals surface area contributed by atoms with E-state index in [4.69, 9.17) is 4.74 Å². The van der Waals surface area contributed by atoms with E-state index in [1.807, 2.05) is 24.3 Å². The summed E-state index contributed by atoms with van der Waals surface area (Å²) in [5, 5.41) is 9.94. The molecule has 0 atom stereocenters. The molecule has 108 valence electrons. The highest BCUT2D eigenvalue weighted by molar-refractivity contribution is 5.45. The average Bonchev–Trinajstić information content (AvgIpc) is 2.51. The first-order valence-corrected chi connectivity index (χ1v) is 7.55. The third kappa shape index (κ3) is 3.66. The predicted octanol–water partition coefficient (Wildman–Crippen LogP) is 5.01. The van der Waals surface area contributed by atoms with Crippen molar-refractivity contribution in [2.24, 2.45) is 0 Å². The molecule has 2 heterocycles. The van der Waals surface area contributed by atoms with Crippen LogP contribution in [0, 0.1) is 0 Å². The number of hydrogen-bond donors (Lipinski definition) is 1. The van der Waals surface area contributed by atoms with Gasteiger partial charge in [0.2, 0.25) is 0 Å². The molecule has 0 unspecified atom stereocenters. The summed E-state index contributed by atoms with van der Waals surface area (Å²) in [6, 6.07) is 13.7. The number of benzene rings is 2. The van der Waals surface area contributed by atoms with Gasteiger partial charge in [-0.15, -0.1) is 0 Å². The van der Waals surface area contributed by atoms with Crippen LogP contribution in [0.25, 0.3) is 0 Å². The summed E-state index contributed by atoms with van der Waals surface area (Å²) < 4.78 is 5.81. The molecule has 21 heavy (non-hydrogen) atoms. The topological polar surface area (TPSA) is 29.5 Å². The van der Waals surface area contributed by atoms with Crippen LogP contribution in [0.15, 0.2) is 54.6 Å². The van der Waals surface area contributed by atoms with Gasteiger partial charge in [0.05, 0.1) is 0 Å². The Bertz CT molecular complexity index is 627. The molecule has 1 N–H and O–H groups in total. The van der Waals surface area contributed by atoms with Crippen LogP contribution in [0.3, 0.4) is 0 Å². The molecule has 4 rings (SSSR count). The highest BCUT2D eigenvalue weighted by atomic mass is 16.5. The summed E-state index contributed by atoms with van der Waals surface area (Å²) in [4.78, 5) is 0. The lowest BCUT2D eigenvalue weighted by Crippen LogP contribution is -1.89. The van der Waals surface area contributed by atoms with Crippen LogP contribution in [0.2, 0.25) is 0 Å². The number of allylic oxidation sites excluding steroid dienone is 2. The number of fused-ring (bicyclic) bond motifs is 7. The molecule has 0 aliphatic carbocycles. The molecular weight excluding hydrogens is 260 g/mol. The Labute approximate surface area is 125 Å². The zero-order chi connectivity index (χ0) is 14.5. The Morgan fingerprint density at radius 3 is 2.43 bits per heavy atom. The van der Waals surface area contributed by atoms with E-state index in [0.717, 1.165) is 31.4 Å². The highest BCUT2D eigenvalue weighted by Gasteiger charge is 2.06. The third-order valence-electron chi connectivity index (χ3n) is 3.78. The second-order valence-corrected chi connectivity index (χ2v) is 5.45. The second-order valence-electron chi connectivity index (χ2n) is 5.45. The van der Waals surface area contributed by atoms with Crippen molar-refractivity contribution in [3.63, 3.8) is 0 Å². The minimum absolute atomic E-state index is 0.183. The zero-order valence-corrected chi connectivity index (χ0v) is 12.1. The van der Waals surface area contributed by atoms with E-state index in [-0.39, 0.29) is 5.75 Å². The van der Waals surface area contributed by atoms with Crippen LogP contribution in [-0.4, -0.2) is 5.11 Å². The van der Waals surface area contributed by atoms with Crippen molar-refractivity contribution in [1.29, 1.82) is 0 Å². The van der Waals surface area contributed by atoms with Gasteiger partial charge in [0.25, 0.3) is 0 Å². The molecule has 2 aromatic carbocycles. The monoisotopic (exact) mass is 280 g/mol. The van der Waals surface area contributed by atoms with Gasteiger partial charge in [-0.25, -0.2) is 0 Å². The van der Waals surface area contributed by atoms with Gasteiger partial charge in [-0.05, 0) is 67.5 Å². The zero-order valence-electron chi connectivity index (χ0n) is 12.1. The summed E-state index contributed by atoms with van der Waals surface area (Å²) in [5.41, 5.74) is 2.50. The largest absolute Gasteiger partial charge is 0.504 e. The summed E-state index contributed by atoms with van der Waals surface area (Å²) in [6.07, 6.45) is 9.88. The van der Waals surface area contributed by atoms with Gasteiger partial charge in [0.15, 0.2) is 11.5 Å². The van der Waals surface area contributed by atoms with Crippen LogP contribution >= 0.6 is 0 Å². The van der Waals surface area contributed by atoms with E-state index in [9.17, 15) is 5.11 Å². The average molecular weight is 280 g/mol. The van der Waals surface area contributed by atoms with E-state index in [1.54, 1.807) is 6.07 Å². The van der Waals surface area contributed by atoms with Crippen molar-refractivity contribution in [3.8, 4) is 17.2 Å². The van der Waals surface area contributed by atoms with Crippen LogP contribution in [0.5, 0.6) is 17.2 Å². The fraction of sp³-hybridized carbons (Fsp3) is 0.263. The molecule has 2 aromatic rings. The molecule has 0 saturated heterocycles. The van der Waals surface area contributed by atoms with E-state index >= 15 is 0 Å². The van der Waals surface area contributed by atoms with E-state index < -0.39 is 0 Å². The molecule has 0 saturated carbocycles. The number of ether oxygens (including phenoxy) is 1. The number of hydrogen-bond acceptors (Lipinski definition) is 2. The Balaban J connectivity index is 1.91. The van der Waals surface area contributed by atoms with Crippen LogP contribution in [0.4, 0.5) is 0 Å².